The number of amides is 2. The van der Waals surface area contributed by atoms with Crippen molar-refractivity contribution >= 4 is 23.3 Å². The Balaban J connectivity index is 1.81. The van der Waals surface area contributed by atoms with E-state index in [9.17, 15) is 31.1 Å². The molecule has 0 saturated carbocycles. The van der Waals surface area contributed by atoms with Crippen LogP contribution in [0.3, 0.4) is 0 Å². The third-order valence-electron chi connectivity index (χ3n) is 5.96. The Hall–Kier alpha value is -4.05. The summed E-state index contributed by atoms with van der Waals surface area (Å²) in [5, 5.41) is 5.49. The number of halogens is 7. The van der Waals surface area contributed by atoms with Crippen LogP contribution >= 0.6 is 11.6 Å². The second-order valence-corrected chi connectivity index (χ2v) is 9.10. The second kappa shape index (κ2) is 11.0. The van der Waals surface area contributed by atoms with Gasteiger partial charge in [-0.1, -0.05) is 54.1 Å². The number of aromatic nitrogens is 1. The molecule has 1 heterocycles. The van der Waals surface area contributed by atoms with Gasteiger partial charge < -0.3 is 10.6 Å². The van der Waals surface area contributed by atoms with Crippen molar-refractivity contribution in [2.24, 2.45) is 0 Å². The van der Waals surface area contributed by atoms with Crippen molar-refractivity contribution in [2.75, 3.05) is 5.32 Å². The Morgan fingerprint density at radius 3 is 1.97 bits per heavy atom. The highest BCUT2D eigenvalue weighted by Crippen LogP contribution is 2.37. The molecular weight excluding hydrogens is 544 g/mol. The average molecular weight is 564 g/mol. The first-order valence-corrected chi connectivity index (χ1v) is 11.8. The van der Waals surface area contributed by atoms with E-state index in [0.717, 1.165) is 36.4 Å². The zero-order valence-electron chi connectivity index (χ0n) is 19.9. The lowest BCUT2D eigenvalue weighted by Crippen LogP contribution is -2.50. The largest absolute Gasteiger partial charge is 0.416 e. The first-order chi connectivity index (χ1) is 18.4. The number of rotatable bonds is 6. The Kier molecular flexibility index (Phi) is 7.87. The highest BCUT2D eigenvalue weighted by Gasteiger charge is 2.40. The maximum atomic E-state index is 13.7. The molecule has 4 rings (SSSR count). The van der Waals surface area contributed by atoms with Crippen LogP contribution in [0.2, 0.25) is 5.02 Å². The maximum Gasteiger partial charge on any atom is 0.416 e. The summed E-state index contributed by atoms with van der Waals surface area (Å²) >= 11 is 6.02. The minimum atomic E-state index is -4.66. The van der Waals surface area contributed by atoms with Crippen molar-refractivity contribution in [2.45, 2.75) is 24.3 Å². The number of nitrogens with one attached hydrogen (secondary N) is 2. The molecule has 3 aromatic carbocycles. The fraction of sp³-hybridized carbons (Fsp3) is 0.143. The molecule has 1 unspecified atom stereocenters. The van der Waals surface area contributed by atoms with Gasteiger partial charge in [0.05, 0.1) is 21.8 Å². The van der Waals surface area contributed by atoms with Crippen molar-refractivity contribution in [1.82, 2.24) is 10.3 Å². The van der Waals surface area contributed by atoms with E-state index in [0.29, 0.717) is 5.56 Å². The Labute approximate surface area is 224 Å². The highest BCUT2D eigenvalue weighted by molar-refractivity contribution is 6.30. The number of alkyl halides is 6. The van der Waals surface area contributed by atoms with Crippen molar-refractivity contribution < 1.29 is 31.1 Å². The lowest BCUT2D eigenvalue weighted by Gasteiger charge is -2.36. The third-order valence-corrected chi connectivity index (χ3v) is 6.18. The number of urea groups is 1. The van der Waals surface area contributed by atoms with Crippen LogP contribution in [0.1, 0.15) is 27.9 Å². The minimum absolute atomic E-state index is 0.00971. The SMILES string of the molecule is O=C(Nc1ccc(C(F)(F)F)cc1)NC(Cc1ccccc1)(c1cccc(C(F)(F)F)c1)c1ccc(Cl)cn1. The van der Waals surface area contributed by atoms with Crippen molar-refractivity contribution in [3.05, 3.63) is 130 Å². The molecule has 11 heteroatoms. The molecule has 4 aromatic rings. The van der Waals surface area contributed by atoms with Crippen molar-refractivity contribution in [1.29, 1.82) is 0 Å². The van der Waals surface area contributed by atoms with E-state index in [-0.39, 0.29) is 28.4 Å². The number of anilines is 1. The van der Waals surface area contributed by atoms with Crippen molar-refractivity contribution in [3.63, 3.8) is 0 Å². The van der Waals surface area contributed by atoms with Crippen LogP contribution in [-0.4, -0.2) is 11.0 Å². The zero-order valence-corrected chi connectivity index (χ0v) is 20.7. The average Bonchev–Trinajstić information content (AvgIpc) is 2.88. The van der Waals surface area contributed by atoms with Gasteiger partial charge in [0.15, 0.2) is 0 Å². The van der Waals surface area contributed by atoms with Crippen LogP contribution in [0.25, 0.3) is 0 Å². The quantitative estimate of drug-likeness (QED) is 0.233. The van der Waals surface area contributed by atoms with Gasteiger partial charge in [-0.3, -0.25) is 4.98 Å². The zero-order chi connectivity index (χ0) is 28.3. The molecule has 1 atom stereocenters. The number of nitrogens with zero attached hydrogens (tertiary/aromatic N) is 1. The molecule has 39 heavy (non-hydrogen) atoms. The van der Waals surface area contributed by atoms with Crippen LogP contribution in [0.4, 0.5) is 36.8 Å². The molecule has 0 aliphatic rings. The van der Waals surface area contributed by atoms with E-state index in [2.05, 4.69) is 15.6 Å². The molecule has 0 radical (unpaired) electrons. The fourth-order valence-corrected chi connectivity index (χ4v) is 4.22. The smallest absolute Gasteiger partial charge is 0.322 e. The Morgan fingerprint density at radius 2 is 1.38 bits per heavy atom. The minimum Gasteiger partial charge on any atom is -0.322 e. The van der Waals surface area contributed by atoms with Gasteiger partial charge in [-0.05, 0) is 59.7 Å². The Bertz CT molecular complexity index is 1430. The summed E-state index contributed by atoms with van der Waals surface area (Å²) in [7, 11) is 0. The normalized spacial score (nSPS) is 13.4. The van der Waals surface area contributed by atoms with Crippen LogP contribution in [0.15, 0.2) is 97.2 Å². The molecule has 4 nitrogen and oxygen atoms in total. The molecule has 0 fully saturated rings. The topological polar surface area (TPSA) is 54.0 Å². The molecular formula is C28H20ClF6N3O. The fourth-order valence-electron chi connectivity index (χ4n) is 4.11. The highest BCUT2D eigenvalue weighted by atomic mass is 35.5. The predicted octanol–water partition coefficient (Wildman–Crippen LogP) is 8.08. The predicted molar refractivity (Wildman–Crippen MR) is 135 cm³/mol. The van der Waals surface area contributed by atoms with E-state index in [1.807, 2.05) is 0 Å². The van der Waals surface area contributed by atoms with Crippen LogP contribution in [-0.2, 0) is 24.3 Å². The summed E-state index contributed by atoms with van der Waals surface area (Å²) in [5.74, 6) is 0. The van der Waals surface area contributed by atoms with E-state index < -0.39 is 35.0 Å². The van der Waals surface area contributed by atoms with Crippen molar-refractivity contribution in [3.8, 4) is 0 Å². The molecule has 0 saturated heterocycles. The van der Waals surface area contributed by atoms with Gasteiger partial charge in [-0.15, -0.1) is 0 Å². The molecule has 2 amide bonds. The van der Waals surface area contributed by atoms with E-state index in [1.54, 1.807) is 30.3 Å². The summed E-state index contributed by atoms with van der Waals surface area (Å²) in [6, 6.07) is 19.1. The number of benzene rings is 3. The first-order valence-electron chi connectivity index (χ1n) is 11.5. The Morgan fingerprint density at radius 1 is 0.744 bits per heavy atom. The van der Waals surface area contributed by atoms with Gasteiger partial charge in [0.1, 0.15) is 5.54 Å². The van der Waals surface area contributed by atoms with Gasteiger partial charge >= 0.3 is 18.4 Å². The second-order valence-electron chi connectivity index (χ2n) is 8.66. The monoisotopic (exact) mass is 563 g/mol. The van der Waals surface area contributed by atoms with E-state index in [4.69, 9.17) is 11.6 Å². The lowest BCUT2D eigenvalue weighted by atomic mass is 9.80. The molecule has 2 N–H and O–H groups in total. The standard InChI is InChI=1S/C28H20ClF6N3O/c29-22-11-14-24(36-17-22)26(16-18-5-2-1-3-6-18,20-7-4-8-21(15-20)28(33,34)35)38-25(39)37-23-12-9-19(10-13-23)27(30,31)32/h1-15,17H,16H2,(H2,37,38,39). The molecule has 0 spiro atoms. The molecule has 1 aromatic heterocycles. The van der Waals surface area contributed by atoms with Gasteiger partial charge in [0.25, 0.3) is 0 Å². The van der Waals surface area contributed by atoms with E-state index >= 15 is 0 Å². The van der Waals surface area contributed by atoms with Crippen LogP contribution in [0.5, 0.6) is 0 Å². The summed E-state index contributed by atoms with van der Waals surface area (Å²) in [4.78, 5) is 17.6. The molecule has 0 bridgehead atoms. The number of carbonyl (C=O) groups excluding carboxylic acids is 1. The summed E-state index contributed by atoms with van der Waals surface area (Å²) < 4.78 is 79.9. The van der Waals surface area contributed by atoms with Gasteiger partial charge in [-0.25, -0.2) is 4.79 Å². The summed E-state index contributed by atoms with van der Waals surface area (Å²) in [5.41, 5.74) is -2.49. The maximum absolute atomic E-state index is 13.7. The van der Waals surface area contributed by atoms with Crippen LogP contribution in [0, 0.1) is 0 Å². The summed E-state index contributed by atoms with van der Waals surface area (Å²) in [6.45, 7) is 0. The molecule has 0 aliphatic carbocycles. The van der Waals surface area contributed by atoms with E-state index in [1.165, 1.54) is 30.5 Å². The van der Waals surface area contributed by atoms with Gasteiger partial charge in [-0.2, -0.15) is 26.3 Å². The number of carbonyl (C=O) groups is 1. The van der Waals surface area contributed by atoms with Gasteiger partial charge in [0, 0.05) is 18.3 Å². The lowest BCUT2D eigenvalue weighted by molar-refractivity contribution is -0.138. The summed E-state index contributed by atoms with van der Waals surface area (Å²) in [6.07, 6.45) is -7.93. The number of hydrogen-bond donors (Lipinski definition) is 2. The number of hydrogen-bond acceptors (Lipinski definition) is 2. The van der Waals surface area contributed by atoms with Crippen LogP contribution < -0.4 is 10.6 Å². The van der Waals surface area contributed by atoms with Gasteiger partial charge in [0.2, 0.25) is 0 Å². The number of pyridine rings is 1. The molecule has 0 aliphatic heterocycles. The molecule has 202 valence electrons. The first kappa shape index (κ1) is 28.0. The third kappa shape index (κ3) is 6.69.